The number of rotatable bonds is 6. The molecule has 1 saturated heterocycles. The van der Waals surface area contributed by atoms with Crippen molar-refractivity contribution < 1.29 is 13.2 Å². The average Bonchev–Trinajstić information content (AvgIpc) is 2.91. The Hall–Kier alpha value is -0.290. The molecule has 2 saturated carbocycles. The first kappa shape index (κ1) is 15.6. The zero-order chi connectivity index (χ0) is 14.9. The Kier molecular flexibility index (Phi) is 4.79. The minimum absolute atomic E-state index is 0.183. The molecular weight excluding hydrogens is 277 g/mol. The standard InChI is InChI=1S/C16H26F3N2/c17-16(18,19)6-7-21-10-14-13(15(14)11-21)9-20-8-12-4-2-1-3-5-12/h12-15H,1-11H2/q-1. The highest BCUT2D eigenvalue weighted by atomic mass is 19.4. The number of nitrogens with zero attached hydrogens (tertiary/aromatic N) is 2. The summed E-state index contributed by atoms with van der Waals surface area (Å²) in [6.07, 6.45) is 2.12. The van der Waals surface area contributed by atoms with Gasteiger partial charge in [0.1, 0.15) is 0 Å². The van der Waals surface area contributed by atoms with Crippen LogP contribution < -0.4 is 0 Å². The van der Waals surface area contributed by atoms with Gasteiger partial charge in [0.25, 0.3) is 0 Å². The highest BCUT2D eigenvalue weighted by molar-refractivity contribution is 5.09. The zero-order valence-electron chi connectivity index (χ0n) is 12.6. The maximum Gasteiger partial charge on any atom is 0.390 e. The highest BCUT2D eigenvalue weighted by Gasteiger charge is 2.53. The Labute approximate surface area is 125 Å². The van der Waals surface area contributed by atoms with Crippen molar-refractivity contribution in [1.82, 2.24) is 4.90 Å². The summed E-state index contributed by atoms with van der Waals surface area (Å²) in [5.41, 5.74) is 0. The van der Waals surface area contributed by atoms with Crippen molar-refractivity contribution in [2.45, 2.75) is 44.7 Å². The van der Waals surface area contributed by atoms with E-state index in [4.69, 9.17) is 5.32 Å². The van der Waals surface area contributed by atoms with Crippen LogP contribution in [0.5, 0.6) is 0 Å². The molecule has 0 spiro atoms. The first-order chi connectivity index (χ1) is 10.0. The fraction of sp³-hybridized carbons (Fsp3) is 1.00. The molecule has 0 N–H and O–H groups in total. The smallest absolute Gasteiger partial charge is 0.390 e. The molecule has 0 aromatic heterocycles. The summed E-state index contributed by atoms with van der Waals surface area (Å²) in [6.45, 7) is 3.89. The molecule has 0 radical (unpaired) electrons. The zero-order valence-corrected chi connectivity index (χ0v) is 12.6. The summed E-state index contributed by atoms with van der Waals surface area (Å²) in [7, 11) is 0. The first-order valence-corrected chi connectivity index (χ1v) is 8.45. The van der Waals surface area contributed by atoms with E-state index < -0.39 is 12.6 Å². The predicted molar refractivity (Wildman–Crippen MR) is 77.3 cm³/mol. The molecule has 122 valence electrons. The number of alkyl halides is 3. The van der Waals surface area contributed by atoms with E-state index in [1.807, 2.05) is 4.90 Å². The molecule has 3 fully saturated rings. The lowest BCUT2D eigenvalue weighted by molar-refractivity contribution is -0.137. The van der Waals surface area contributed by atoms with Gasteiger partial charge < -0.3 is 10.2 Å². The molecule has 21 heavy (non-hydrogen) atoms. The third kappa shape index (κ3) is 4.35. The van der Waals surface area contributed by atoms with Crippen molar-refractivity contribution in [3.8, 4) is 0 Å². The SMILES string of the molecule is FC(F)(F)CCN1CC2C(C[N-]CC3CCCCC3)C2C1. The Balaban J connectivity index is 1.27. The molecule has 0 bridgehead atoms. The van der Waals surface area contributed by atoms with Gasteiger partial charge in [0, 0.05) is 19.6 Å². The summed E-state index contributed by atoms with van der Waals surface area (Å²) in [5.74, 6) is 2.75. The highest BCUT2D eigenvalue weighted by Crippen LogP contribution is 2.52. The lowest BCUT2D eigenvalue weighted by atomic mass is 9.89. The second kappa shape index (κ2) is 6.45. The lowest BCUT2D eigenvalue weighted by Crippen LogP contribution is -2.29. The van der Waals surface area contributed by atoms with E-state index in [0.29, 0.717) is 17.8 Å². The topological polar surface area (TPSA) is 17.3 Å². The van der Waals surface area contributed by atoms with Crippen LogP contribution in [0.1, 0.15) is 38.5 Å². The molecular formula is C16H26F3N2-. The van der Waals surface area contributed by atoms with Crippen LogP contribution in [0.4, 0.5) is 13.2 Å². The number of piperidine rings is 1. The normalized spacial score (nSPS) is 34.1. The summed E-state index contributed by atoms with van der Waals surface area (Å²) in [6, 6.07) is 0. The molecule has 2 aliphatic carbocycles. The van der Waals surface area contributed by atoms with Crippen LogP contribution in [0.15, 0.2) is 0 Å². The van der Waals surface area contributed by atoms with Crippen LogP contribution >= 0.6 is 0 Å². The Bertz CT molecular complexity index is 327. The lowest BCUT2D eigenvalue weighted by Gasteiger charge is -2.30. The van der Waals surface area contributed by atoms with Crippen molar-refractivity contribution in [3.05, 3.63) is 5.32 Å². The molecule has 3 aliphatic rings. The molecule has 0 amide bonds. The van der Waals surface area contributed by atoms with Gasteiger partial charge in [-0.05, 0) is 11.8 Å². The maximum atomic E-state index is 12.2. The van der Waals surface area contributed by atoms with E-state index in [1.165, 1.54) is 32.1 Å². The van der Waals surface area contributed by atoms with Gasteiger partial charge in [0.2, 0.25) is 0 Å². The second-order valence-corrected chi connectivity index (χ2v) is 7.21. The van der Waals surface area contributed by atoms with Gasteiger partial charge in [-0.3, -0.25) is 0 Å². The van der Waals surface area contributed by atoms with Gasteiger partial charge in [-0.1, -0.05) is 43.9 Å². The van der Waals surface area contributed by atoms with Gasteiger partial charge in [-0.25, -0.2) is 0 Å². The van der Waals surface area contributed by atoms with Crippen molar-refractivity contribution in [2.75, 3.05) is 32.7 Å². The van der Waals surface area contributed by atoms with Crippen LogP contribution in [-0.2, 0) is 0 Å². The monoisotopic (exact) mass is 303 g/mol. The number of fused-ring (bicyclic) bond motifs is 1. The average molecular weight is 303 g/mol. The quantitative estimate of drug-likeness (QED) is 0.723. The number of hydrogen-bond acceptors (Lipinski definition) is 1. The molecule has 3 rings (SSSR count). The number of hydrogen-bond donors (Lipinski definition) is 0. The van der Waals surface area contributed by atoms with E-state index >= 15 is 0 Å². The third-order valence-corrected chi connectivity index (χ3v) is 5.61. The summed E-state index contributed by atoms with van der Waals surface area (Å²) < 4.78 is 36.6. The van der Waals surface area contributed by atoms with Crippen LogP contribution in [0, 0.1) is 23.7 Å². The Morgan fingerprint density at radius 2 is 1.62 bits per heavy atom. The molecule has 2 unspecified atom stereocenters. The van der Waals surface area contributed by atoms with Crippen molar-refractivity contribution in [3.63, 3.8) is 0 Å². The number of likely N-dealkylation sites (tertiary alicyclic amines) is 1. The summed E-state index contributed by atoms with van der Waals surface area (Å²) in [5, 5.41) is 4.75. The molecule has 2 nitrogen and oxygen atoms in total. The van der Waals surface area contributed by atoms with Gasteiger partial charge >= 0.3 is 6.18 Å². The largest absolute Gasteiger partial charge is 0.662 e. The fourth-order valence-electron chi connectivity index (χ4n) is 4.25. The van der Waals surface area contributed by atoms with Crippen LogP contribution in [0.3, 0.4) is 0 Å². The number of halogens is 3. The molecule has 2 atom stereocenters. The Morgan fingerprint density at radius 3 is 2.24 bits per heavy atom. The third-order valence-electron chi connectivity index (χ3n) is 5.61. The van der Waals surface area contributed by atoms with Gasteiger partial charge in [0.05, 0.1) is 6.42 Å². The van der Waals surface area contributed by atoms with Crippen molar-refractivity contribution in [2.24, 2.45) is 23.7 Å². The first-order valence-electron chi connectivity index (χ1n) is 8.45. The minimum Gasteiger partial charge on any atom is -0.662 e. The van der Waals surface area contributed by atoms with E-state index in [1.54, 1.807) is 0 Å². The molecule has 1 aliphatic heterocycles. The Morgan fingerprint density at radius 1 is 0.952 bits per heavy atom. The molecule has 0 aromatic rings. The summed E-state index contributed by atoms with van der Waals surface area (Å²) >= 11 is 0. The van der Waals surface area contributed by atoms with E-state index in [2.05, 4.69) is 0 Å². The molecule has 0 aromatic carbocycles. The minimum atomic E-state index is -4.01. The fourth-order valence-corrected chi connectivity index (χ4v) is 4.25. The van der Waals surface area contributed by atoms with E-state index in [-0.39, 0.29) is 6.54 Å². The van der Waals surface area contributed by atoms with Crippen molar-refractivity contribution >= 4 is 0 Å². The van der Waals surface area contributed by atoms with Crippen LogP contribution in [0.2, 0.25) is 0 Å². The summed E-state index contributed by atoms with van der Waals surface area (Å²) in [4.78, 5) is 1.99. The van der Waals surface area contributed by atoms with Crippen LogP contribution in [0.25, 0.3) is 5.32 Å². The van der Waals surface area contributed by atoms with Crippen LogP contribution in [-0.4, -0.2) is 43.8 Å². The van der Waals surface area contributed by atoms with Gasteiger partial charge in [0.15, 0.2) is 0 Å². The van der Waals surface area contributed by atoms with Gasteiger partial charge in [-0.2, -0.15) is 13.2 Å². The van der Waals surface area contributed by atoms with Gasteiger partial charge in [-0.15, -0.1) is 13.1 Å². The molecule has 5 heteroatoms. The predicted octanol–water partition coefficient (Wildman–Crippen LogP) is 4.07. The maximum absolute atomic E-state index is 12.2. The van der Waals surface area contributed by atoms with E-state index in [9.17, 15) is 13.2 Å². The molecule has 1 heterocycles. The van der Waals surface area contributed by atoms with Crippen molar-refractivity contribution in [1.29, 1.82) is 0 Å². The second-order valence-electron chi connectivity index (χ2n) is 7.21. The van der Waals surface area contributed by atoms with E-state index in [0.717, 1.165) is 32.1 Å².